The first kappa shape index (κ1) is 10.9. The highest BCUT2D eigenvalue weighted by Gasteiger charge is 2.19. The fourth-order valence-corrected chi connectivity index (χ4v) is 2.09. The first-order valence-corrected chi connectivity index (χ1v) is 5.55. The van der Waals surface area contributed by atoms with Gasteiger partial charge >= 0.3 is 0 Å². The second-order valence-corrected chi connectivity index (χ2v) is 4.17. The molecule has 0 N–H and O–H groups in total. The van der Waals surface area contributed by atoms with Gasteiger partial charge in [0.1, 0.15) is 12.0 Å². The number of hydrogen-bond donors (Lipinski definition) is 0. The largest absolute Gasteiger partial charge is 0.354 e. The number of piperidine rings is 1. The number of aromatic nitrogens is 1. The van der Waals surface area contributed by atoms with Crippen LogP contribution >= 0.6 is 0 Å². The second-order valence-electron chi connectivity index (χ2n) is 4.17. The summed E-state index contributed by atoms with van der Waals surface area (Å²) in [7, 11) is 0. The molecule has 1 aliphatic heterocycles. The van der Waals surface area contributed by atoms with Crippen molar-refractivity contribution in [2.24, 2.45) is 0 Å². The molecule has 16 heavy (non-hydrogen) atoms. The minimum absolute atomic E-state index is 0.0495. The van der Waals surface area contributed by atoms with Gasteiger partial charge < -0.3 is 4.90 Å². The fraction of sp³-hybridized carbons (Fsp3) is 0.545. The van der Waals surface area contributed by atoms with Crippen LogP contribution in [0.1, 0.15) is 26.2 Å². The molecule has 1 fully saturated rings. The van der Waals surface area contributed by atoms with Crippen molar-refractivity contribution in [2.75, 3.05) is 11.4 Å². The number of hydrogen-bond acceptors (Lipinski definition) is 4. The lowest BCUT2D eigenvalue weighted by atomic mass is 10.0. The van der Waals surface area contributed by atoms with E-state index in [0.29, 0.717) is 6.04 Å². The van der Waals surface area contributed by atoms with Crippen molar-refractivity contribution in [1.82, 2.24) is 4.98 Å². The Balaban J connectivity index is 2.17. The molecule has 86 valence electrons. The lowest BCUT2D eigenvalue weighted by molar-refractivity contribution is -0.385. The normalized spacial score (nSPS) is 20.8. The van der Waals surface area contributed by atoms with Crippen LogP contribution in [0.2, 0.25) is 0 Å². The molecule has 1 aliphatic rings. The minimum atomic E-state index is -0.420. The van der Waals surface area contributed by atoms with Crippen LogP contribution in [0.15, 0.2) is 18.3 Å². The Hall–Kier alpha value is -1.65. The van der Waals surface area contributed by atoms with Crippen LogP contribution in [-0.2, 0) is 0 Å². The van der Waals surface area contributed by atoms with Gasteiger partial charge in [0.25, 0.3) is 5.69 Å². The topological polar surface area (TPSA) is 59.3 Å². The lowest BCUT2D eigenvalue weighted by Crippen LogP contribution is -2.37. The molecule has 2 rings (SSSR count). The molecule has 5 heteroatoms. The van der Waals surface area contributed by atoms with Gasteiger partial charge in [-0.2, -0.15) is 0 Å². The van der Waals surface area contributed by atoms with Crippen molar-refractivity contribution >= 4 is 11.5 Å². The van der Waals surface area contributed by atoms with Crippen molar-refractivity contribution in [3.05, 3.63) is 28.4 Å². The van der Waals surface area contributed by atoms with Crippen molar-refractivity contribution in [2.45, 2.75) is 32.2 Å². The molecule has 0 aromatic carbocycles. The van der Waals surface area contributed by atoms with Crippen LogP contribution in [0, 0.1) is 10.1 Å². The quantitative estimate of drug-likeness (QED) is 0.568. The summed E-state index contributed by atoms with van der Waals surface area (Å²) in [5.74, 6) is 0.845. The van der Waals surface area contributed by atoms with Gasteiger partial charge in [-0.25, -0.2) is 4.98 Å². The van der Waals surface area contributed by atoms with Crippen molar-refractivity contribution in [3.63, 3.8) is 0 Å². The van der Waals surface area contributed by atoms with Gasteiger partial charge in [0.2, 0.25) is 0 Å². The Morgan fingerprint density at radius 1 is 1.50 bits per heavy atom. The monoisotopic (exact) mass is 221 g/mol. The van der Waals surface area contributed by atoms with Crippen LogP contribution in [0.3, 0.4) is 0 Å². The highest BCUT2D eigenvalue weighted by atomic mass is 16.6. The molecular formula is C11H15N3O2. The van der Waals surface area contributed by atoms with Crippen molar-refractivity contribution in [3.8, 4) is 0 Å². The van der Waals surface area contributed by atoms with E-state index >= 15 is 0 Å². The van der Waals surface area contributed by atoms with Crippen LogP contribution in [-0.4, -0.2) is 22.5 Å². The average Bonchev–Trinajstić information content (AvgIpc) is 2.30. The van der Waals surface area contributed by atoms with Crippen LogP contribution < -0.4 is 4.90 Å². The Labute approximate surface area is 94.2 Å². The van der Waals surface area contributed by atoms with E-state index in [1.807, 2.05) is 0 Å². The maximum atomic E-state index is 10.5. The number of nitro groups is 1. The van der Waals surface area contributed by atoms with Gasteiger partial charge in [0, 0.05) is 18.7 Å². The summed E-state index contributed by atoms with van der Waals surface area (Å²) < 4.78 is 0. The number of pyridine rings is 1. The van der Waals surface area contributed by atoms with E-state index in [9.17, 15) is 10.1 Å². The molecule has 1 aromatic rings. The summed E-state index contributed by atoms with van der Waals surface area (Å²) in [5.41, 5.74) is 0.0495. The molecule has 0 amide bonds. The molecule has 1 aromatic heterocycles. The first-order valence-electron chi connectivity index (χ1n) is 5.55. The van der Waals surface area contributed by atoms with Crippen molar-refractivity contribution < 1.29 is 4.92 Å². The third-order valence-electron chi connectivity index (χ3n) is 3.04. The predicted molar refractivity (Wildman–Crippen MR) is 61.6 cm³/mol. The number of anilines is 1. The van der Waals surface area contributed by atoms with Crippen LogP contribution in [0.4, 0.5) is 11.5 Å². The van der Waals surface area contributed by atoms with Crippen LogP contribution in [0.5, 0.6) is 0 Å². The Morgan fingerprint density at radius 3 is 2.88 bits per heavy atom. The third kappa shape index (κ3) is 2.13. The average molecular weight is 221 g/mol. The van der Waals surface area contributed by atoms with Gasteiger partial charge in [0.15, 0.2) is 0 Å². The van der Waals surface area contributed by atoms with E-state index in [-0.39, 0.29) is 5.69 Å². The van der Waals surface area contributed by atoms with Gasteiger partial charge in [-0.15, -0.1) is 0 Å². The summed E-state index contributed by atoms with van der Waals surface area (Å²) >= 11 is 0. The third-order valence-corrected chi connectivity index (χ3v) is 3.04. The van der Waals surface area contributed by atoms with E-state index in [2.05, 4.69) is 16.8 Å². The zero-order chi connectivity index (χ0) is 11.5. The lowest BCUT2D eigenvalue weighted by Gasteiger charge is -2.34. The predicted octanol–water partition coefficient (Wildman–Crippen LogP) is 2.37. The zero-order valence-electron chi connectivity index (χ0n) is 9.30. The zero-order valence-corrected chi connectivity index (χ0v) is 9.30. The van der Waals surface area contributed by atoms with Crippen molar-refractivity contribution in [1.29, 1.82) is 0 Å². The molecule has 0 saturated carbocycles. The Morgan fingerprint density at radius 2 is 2.31 bits per heavy atom. The SMILES string of the molecule is C[C@@H]1CCCCN1c1ccc([N+](=O)[O-])cn1. The van der Waals surface area contributed by atoms with Gasteiger partial charge in [-0.1, -0.05) is 0 Å². The molecule has 0 radical (unpaired) electrons. The van der Waals surface area contributed by atoms with Crippen LogP contribution in [0.25, 0.3) is 0 Å². The van der Waals surface area contributed by atoms with E-state index in [1.54, 1.807) is 6.07 Å². The van der Waals surface area contributed by atoms with E-state index in [1.165, 1.54) is 31.5 Å². The highest BCUT2D eigenvalue weighted by molar-refractivity contribution is 5.44. The maximum Gasteiger partial charge on any atom is 0.287 e. The standard InChI is InChI=1S/C11H15N3O2/c1-9-4-2-3-7-13(9)11-6-5-10(8-12-11)14(15)16/h5-6,8-9H,2-4,7H2,1H3/t9-/m1/s1. The molecule has 1 saturated heterocycles. The molecule has 1 atom stereocenters. The second kappa shape index (κ2) is 4.47. The Bertz CT molecular complexity index is 377. The first-order chi connectivity index (χ1) is 7.68. The highest BCUT2D eigenvalue weighted by Crippen LogP contribution is 2.23. The molecule has 0 unspecified atom stereocenters. The molecule has 2 heterocycles. The smallest absolute Gasteiger partial charge is 0.287 e. The maximum absolute atomic E-state index is 10.5. The van der Waals surface area contributed by atoms with Gasteiger partial charge in [-0.3, -0.25) is 10.1 Å². The van der Waals surface area contributed by atoms with E-state index < -0.39 is 4.92 Å². The molecule has 0 spiro atoms. The summed E-state index contributed by atoms with van der Waals surface area (Å²) in [6, 6.07) is 3.73. The number of nitrogens with zero attached hydrogens (tertiary/aromatic N) is 3. The van der Waals surface area contributed by atoms with E-state index in [0.717, 1.165) is 12.4 Å². The molecule has 0 bridgehead atoms. The molecular weight excluding hydrogens is 206 g/mol. The van der Waals surface area contributed by atoms with E-state index in [4.69, 9.17) is 0 Å². The van der Waals surface area contributed by atoms with Gasteiger partial charge in [0.05, 0.1) is 4.92 Å². The van der Waals surface area contributed by atoms with Gasteiger partial charge in [-0.05, 0) is 32.3 Å². The summed E-state index contributed by atoms with van der Waals surface area (Å²) in [4.78, 5) is 16.5. The minimum Gasteiger partial charge on any atom is -0.354 e. The fourth-order valence-electron chi connectivity index (χ4n) is 2.09. The summed E-state index contributed by atoms with van der Waals surface area (Å²) in [5, 5.41) is 10.5. The summed E-state index contributed by atoms with van der Waals surface area (Å²) in [6.07, 6.45) is 4.92. The molecule has 5 nitrogen and oxygen atoms in total. The summed E-state index contributed by atoms with van der Waals surface area (Å²) in [6.45, 7) is 3.16. The molecule has 0 aliphatic carbocycles. The number of rotatable bonds is 2. The Kier molecular flexibility index (Phi) is 3.03.